The van der Waals surface area contributed by atoms with Crippen LogP contribution in [0.15, 0.2) is 12.5 Å². The van der Waals surface area contributed by atoms with Crippen molar-refractivity contribution in [1.29, 1.82) is 0 Å². The normalized spacial score (nSPS) is 12.5. The van der Waals surface area contributed by atoms with Crippen LogP contribution in [0, 0.1) is 5.41 Å². The Bertz CT molecular complexity index is 1000. The summed E-state index contributed by atoms with van der Waals surface area (Å²) in [5, 5.41) is 29.2. The summed E-state index contributed by atoms with van der Waals surface area (Å²) in [6, 6.07) is -1.19. The molecule has 1 aromatic rings. The summed E-state index contributed by atoms with van der Waals surface area (Å²) in [6.07, 6.45) is 1.66. The summed E-state index contributed by atoms with van der Waals surface area (Å²) < 4.78 is 5.14. The Morgan fingerprint density at radius 1 is 1.07 bits per heavy atom. The van der Waals surface area contributed by atoms with Gasteiger partial charge in [-0.2, -0.15) is 0 Å². The highest BCUT2D eigenvalue weighted by atomic mass is 32.2. The fourth-order valence-electron chi connectivity index (χ4n) is 3.14. The second-order valence-electron chi connectivity index (χ2n) is 9.46. The van der Waals surface area contributed by atoms with Crippen molar-refractivity contribution in [2.75, 3.05) is 32.0 Å². The lowest BCUT2D eigenvalue weighted by Gasteiger charge is -2.29. The first-order valence-electron chi connectivity index (χ1n) is 12.6. The summed E-state index contributed by atoms with van der Waals surface area (Å²) in [4.78, 5) is 77.4. The molecule has 1 aromatic heterocycles. The molecule has 16 heteroatoms. The van der Waals surface area contributed by atoms with Gasteiger partial charge in [0, 0.05) is 68.9 Å². The van der Waals surface area contributed by atoms with Crippen molar-refractivity contribution in [3.63, 3.8) is 0 Å². The molecule has 2 atom stereocenters. The van der Waals surface area contributed by atoms with Crippen molar-refractivity contribution in [2.45, 2.75) is 58.6 Å². The number of aliphatic hydroxyl groups is 1. The molecule has 0 bridgehead atoms. The van der Waals surface area contributed by atoms with Crippen LogP contribution in [0.5, 0.6) is 0 Å². The Hall–Kier alpha value is -3.66. The molecule has 0 aliphatic rings. The van der Waals surface area contributed by atoms with Gasteiger partial charge < -0.3 is 41.2 Å². The molecule has 1 rings (SSSR count). The van der Waals surface area contributed by atoms with Crippen molar-refractivity contribution in [2.24, 2.45) is 5.41 Å². The molecule has 0 aliphatic carbocycles. The molecule has 0 radical (unpaired) electrons. The molecule has 0 unspecified atom stereocenters. The molecular formula is C24H38N6O9S. The highest BCUT2D eigenvalue weighted by Gasteiger charge is 2.36. The first-order chi connectivity index (χ1) is 18.8. The molecule has 224 valence electrons. The van der Waals surface area contributed by atoms with Gasteiger partial charge in [-0.3, -0.25) is 24.0 Å². The molecular weight excluding hydrogens is 548 g/mol. The molecule has 0 aromatic carbocycles. The van der Waals surface area contributed by atoms with Crippen LogP contribution in [-0.2, 0) is 35.1 Å². The average Bonchev–Trinajstić information content (AvgIpc) is 3.40. The lowest BCUT2D eigenvalue weighted by molar-refractivity contribution is -0.156. The van der Waals surface area contributed by atoms with Crippen LogP contribution in [0.2, 0.25) is 0 Å². The molecule has 1 heterocycles. The number of hydrogen-bond acceptors (Lipinski definition) is 10. The molecule has 7 N–H and O–H groups in total. The predicted octanol–water partition coefficient (Wildman–Crippen LogP) is -0.683. The monoisotopic (exact) mass is 586 g/mol. The van der Waals surface area contributed by atoms with E-state index in [2.05, 4.69) is 31.2 Å². The van der Waals surface area contributed by atoms with E-state index in [9.17, 15) is 33.9 Å². The highest BCUT2D eigenvalue weighted by molar-refractivity contribution is 8.13. The number of H-pyrrole nitrogens is 1. The molecule has 0 aliphatic heterocycles. The minimum Gasteiger partial charge on any atom is -0.481 e. The number of rotatable bonds is 18. The Labute approximate surface area is 236 Å². The number of carbonyl (C=O) groups excluding carboxylic acids is 5. The van der Waals surface area contributed by atoms with E-state index in [0.717, 1.165) is 17.5 Å². The van der Waals surface area contributed by atoms with Crippen molar-refractivity contribution in [3.05, 3.63) is 18.2 Å². The van der Waals surface area contributed by atoms with Gasteiger partial charge in [-0.15, -0.1) is 0 Å². The predicted molar refractivity (Wildman–Crippen MR) is 144 cm³/mol. The number of amides is 4. The quantitative estimate of drug-likeness (QED) is 0.0841. The van der Waals surface area contributed by atoms with Gasteiger partial charge in [0.15, 0.2) is 0 Å². The number of nitrogens with one attached hydrogen (secondary N) is 5. The largest absolute Gasteiger partial charge is 0.481 e. The molecule has 0 saturated heterocycles. The van der Waals surface area contributed by atoms with Gasteiger partial charge in [0.1, 0.15) is 12.1 Å². The summed E-state index contributed by atoms with van der Waals surface area (Å²) in [5.74, 6) is -3.36. The first-order valence-corrected chi connectivity index (χ1v) is 13.6. The fourth-order valence-corrected chi connectivity index (χ4v) is 3.74. The van der Waals surface area contributed by atoms with Crippen molar-refractivity contribution >= 4 is 46.7 Å². The van der Waals surface area contributed by atoms with E-state index in [4.69, 9.17) is 9.84 Å². The van der Waals surface area contributed by atoms with E-state index in [1.807, 2.05) is 0 Å². The molecule has 40 heavy (non-hydrogen) atoms. The Morgan fingerprint density at radius 3 is 2.42 bits per heavy atom. The maximum atomic E-state index is 12.4. The first kappa shape index (κ1) is 34.4. The number of aliphatic carboxylic acids is 1. The smallest absolute Gasteiger partial charge is 0.328 e. The highest BCUT2D eigenvalue weighted by Crippen LogP contribution is 2.22. The number of hydrogen-bond donors (Lipinski definition) is 7. The number of nitrogens with zero attached hydrogens (tertiary/aromatic N) is 1. The van der Waals surface area contributed by atoms with Crippen LogP contribution < -0.4 is 21.3 Å². The number of imidazole rings is 1. The van der Waals surface area contributed by atoms with Crippen LogP contribution in [-0.4, -0.2) is 99.2 Å². The number of thioether (sulfide) groups is 1. The van der Waals surface area contributed by atoms with E-state index in [-0.39, 0.29) is 43.5 Å². The zero-order valence-corrected chi connectivity index (χ0v) is 23.6. The summed E-state index contributed by atoms with van der Waals surface area (Å²) in [7, 11) is 0. The number of aromatic amines is 1. The molecule has 0 spiro atoms. The third-order valence-corrected chi connectivity index (χ3v) is 6.23. The van der Waals surface area contributed by atoms with Gasteiger partial charge >= 0.3 is 11.9 Å². The number of carboxylic acid groups (broad SMARTS) is 1. The maximum Gasteiger partial charge on any atom is 0.328 e. The number of carboxylic acids is 1. The van der Waals surface area contributed by atoms with Gasteiger partial charge in [0.25, 0.3) is 5.24 Å². The number of ether oxygens (including phenoxy) is 1. The van der Waals surface area contributed by atoms with Gasteiger partial charge in [-0.25, -0.2) is 9.78 Å². The lowest BCUT2D eigenvalue weighted by Crippen LogP contribution is -2.48. The number of esters is 1. The Kier molecular flexibility index (Phi) is 15.3. The van der Waals surface area contributed by atoms with Crippen LogP contribution in [0.1, 0.15) is 45.7 Å². The molecule has 4 amide bonds. The third-order valence-electron chi connectivity index (χ3n) is 5.41. The minimum absolute atomic E-state index is 0.0569. The lowest BCUT2D eigenvalue weighted by atomic mass is 9.87. The van der Waals surface area contributed by atoms with E-state index < -0.39 is 47.9 Å². The summed E-state index contributed by atoms with van der Waals surface area (Å²) in [6.45, 7) is 4.38. The van der Waals surface area contributed by atoms with E-state index >= 15 is 0 Å². The standard InChI is InChI=1S/C24H38N6O9S/c1-15(31)30-17(4-5-19(33)34)22(37)39-13-24(2,3)20(35)21(36)27-9-7-18(32)26-10-11-40-23(38)28-8-6-16-12-25-14-29-16/h12,14,17,20,35H,4-11,13H2,1-3H3,(H,25,29)(H,26,32)(H,27,36)(H,28,38)(H,30,31)(H,33,34)/t17-,20-/m0/s1. The zero-order chi connectivity index (χ0) is 30.1. The Balaban J connectivity index is 2.28. The SMILES string of the molecule is CC(=O)N[C@@H](CCC(=O)O)C(=O)OCC(C)(C)[C@@H](O)C(=O)NCCC(=O)NCCSC(=O)NCCc1cnc[nH]1. The number of aromatic nitrogens is 2. The summed E-state index contributed by atoms with van der Waals surface area (Å²) >= 11 is 1.03. The van der Waals surface area contributed by atoms with E-state index in [1.54, 1.807) is 12.5 Å². The van der Waals surface area contributed by atoms with Gasteiger partial charge in [-0.05, 0) is 6.42 Å². The van der Waals surface area contributed by atoms with Gasteiger partial charge in [0.05, 0.1) is 12.9 Å². The number of aliphatic hydroxyl groups excluding tert-OH is 1. The number of carbonyl (C=O) groups is 6. The fraction of sp³-hybridized carbons (Fsp3) is 0.625. The topological polar surface area (TPSA) is 229 Å². The van der Waals surface area contributed by atoms with Crippen LogP contribution >= 0.6 is 11.8 Å². The van der Waals surface area contributed by atoms with Crippen LogP contribution in [0.3, 0.4) is 0 Å². The second-order valence-corrected chi connectivity index (χ2v) is 10.5. The molecule has 0 saturated carbocycles. The van der Waals surface area contributed by atoms with Crippen molar-refractivity contribution in [1.82, 2.24) is 31.2 Å². The van der Waals surface area contributed by atoms with Gasteiger partial charge in [-0.1, -0.05) is 25.6 Å². The summed E-state index contributed by atoms with van der Waals surface area (Å²) in [5.41, 5.74) is -0.322. The maximum absolute atomic E-state index is 12.4. The van der Waals surface area contributed by atoms with E-state index in [1.165, 1.54) is 20.8 Å². The van der Waals surface area contributed by atoms with Crippen LogP contribution in [0.4, 0.5) is 4.79 Å². The average molecular weight is 587 g/mol. The van der Waals surface area contributed by atoms with Crippen LogP contribution in [0.25, 0.3) is 0 Å². The molecule has 0 fully saturated rings. The zero-order valence-electron chi connectivity index (χ0n) is 22.8. The second kappa shape index (κ2) is 17.8. The molecule has 15 nitrogen and oxygen atoms in total. The third kappa shape index (κ3) is 14.5. The van der Waals surface area contributed by atoms with Crippen molar-refractivity contribution in [3.8, 4) is 0 Å². The van der Waals surface area contributed by atoms with Gasteiger partial charge in [0.2, 0.25) is 17.7 Å². The van der Waals surface area contributed by atoms with E-state index in [0.29, 0.717) is 18.7 Å². The Morgan fingerprint density at radius 2 is 1.80 bits per heavy atom. The minimum atomic E-state index is -1.59. The van der Waals surface area contributed by atoms with Crippen molar-refractivity contribution < 1.29 is 43.7 Å².